The number of sulfonamides is 1. The van der Waals surface area contributed by atoms with E-state index in [1.54, 1.807) is 12.1 Å². The van der Waals surface area contributed by atoms with Gasteiger partial charge in [-0.2, -0.15) is 0 Å². The van der Waals surface area contributed by atoms with Gasteiger partial charge in [0.25, 0.3) is 21.6 Å². The molecule has 120 valence electrons. The third-order valence-electron chi connectivity index (χ3n) is 2.76. The number of rotatable bonds is 5. The predicted octanol–water partition coefficient (Wildman–Crippen LogP) is 1.98. The van der Waals surface area contributed by atoms with Crippen LogP contribution in [0.1, 0.15) is 10.4 Å². The minimum absolute atomic E-state index is 0.0234. The van der Waals surface area contributed by atoms with Gasteiger partial charge in [-0.05, 0) is 36.4 Å². The Labute approximate surface area is 139 Å². The highest BCUT2D eigenvalue weighted by atomic mass is 79.9. The lowest BCUT2D eigenvalue weighted by atomic mass is 10.2. The molecule has 1 amide bonds. The highest BCUT2D eigenvalue weighted by Crippen LogP contribution is 2.14. The Kier molecular flexibility index (Phi) is 5.08. The number of nitrogens with zero attached hydrogens (tertiary/aromatic N) is 1. The molecule has 0 spiro atoms. The molecule has 2 N–H and O–H groups in total. The number of nitro benzene ring substituents is 1. The third kappa shape index (κ3) is 4.34. The van der Waals surface area contributed by atoms with Gasteiger partial charge in [0.2, 0.25) is 0 Å². The molecule has 0 saturated carbocycles. The van der Waals surface area contributed by atoms with Gasteiger partial charge in [-0.15, -0.1) is 4.83 Å². The number of halogens is 1. The number of carbonyl (C=O) groups is 1. The van der Waals surface area contributed by atoms with Gasteiger partial charge in [0.05, 0.1) is 9.82 Å². The topological polar surface area (TPSA) is 118 Å². The van der Waals surface area contributed by atoms with E-state index in [1.807, 2.05) is 10.3 Å². The summed E-state index contributed by atoms with van der Waals surface area (Å²) in [5, 5.41) is 10.5. The summed E-state index contributed by atoms with van der Waals surface area (Å²) in [5.74, 6) is -0.736. The van der Waals surface area contributed by atoms with Crippen molar-refractivity contribution in [3.05, 3.63) is 68.7 Å². The summed E-state index contributed by atoms with van der Waals surface area (Å²) in [7, 11) is -3.91. The first kappa shape index (κ1) is 17.1. The van der Waals surface area contributed by atoms with E-state index in [4.69, 9.17) is 0 Å². The van der Waals surface area contributed by atoms with E-state index >= 15 is 0 Å². The van der Waals surface area contributed by atoms with Crippen LogP contribution in [0.3, 0.4) is 0 Å². The molecule has 0 unspecified atom stereocenters. The fourth-order valence-electron chi connectivity index (χ4n) is 1.59. The molecule has 0 atom stereocenters. The number of non-ortho nitro benzene ring substituents is 1. The Morgan fingerprint density at radius 1 is 1.04 bits per heavy atom. The zero-order valence-corrected chi connectivity index (χ0v) is 13.8. The SMILES string of the molecule is O=C(NNS(=O)(=O)c1ccc(Br)cc1)c1ccc([N+](=O)[O-])cc1. The molecule has 10 heteroatoms. The second-order valence-electron chi connectivity index (χ2n) is 4.32. The molecule has 0 saturated heterocycles. The largest absolute Gasteiger partial charge is 0.273 e. The fraction of sp³-hybridized carbons (Fsp3) is 0. The molecule has 0 bridgehead atoms. The second-order valence-corrected chi connectivity index (χ2v) is 6.92. The minimum Gasteiger partial charge on any atom is -0.273 e. The number of nitrogens with one attached hydrogen (secondary N) is 2. The Bertz CT molecular complexity index is 835. The lowest BCUT2D eigenvalue weighted by Gasteiger charge is -2.08. The zero-order valence-electron chi connectivity index (χ0n) is 11.4. The number of benzene rings is 2. The highest BCUT2D eigenvalue weighted by Gasteiger charge is 2.16. The standard InChI is InChI=1S/C13H10BrN3O5S/c14-10-3-7-12(8-4-10)23(21,22)16-15-13(18)9-1-5-11(6-2-9)17(19)20/h1-8,16H,(H,15,18). The molecule has 2 aromatic rings. The molecule has 0 fully saturated rings. The highest BCUT2D eigenvalue weighted by molar-refractivity contribution is 9.10. The predicted molar refractivity (Wildman–Crippen MR) is 85.0 cm³/mol. The zero-order chi connectivity index (χ0) is 17.0. The lowest BCUT2D eigenvalue weighted by Crippen LogP contribution is -2.41. The molecule has 0 radical (unpaired) electrons. The number of hydrazine groups is 1. The van der Waals surface area contributed by atoms with Crippen LogP contribution in [0.25, 0.3) is 0 Å². The molecule has 23 heavy (non-hydrogen) atoms. The summed E-state index contributed by atoms with van der Waals surface area (Å²) in [4.78, 5) is 23.7. The van der Waals surface area contributed by atoms with E-state index in [1.165, 1.54) is 24.3 Å². The lowest BCUT2D eigenvalue weighted by molar-refractivity contribution is -0.384. The minimum atomic E-state index is -3.91. The number of amides is 1. The van der Waals surface area contributed by atoms with E-state index in [2.05, 4.69) is 15.9 Å². The van der Waals surface area contributed by atoms with Gasteiger partial charge in [-0.25, -0.2) is 8.42 Å². The van der Waals surface area contributed by atoms with Gasteiger partial charge < -0.3 is 0 Å². The van der Waals surface area contributed by atoms with Gasteiger partial charge in [0, 0.05) is 22.2 Å². The van der Waals surface area contributed by atoms with Gasteiger partial charge >= 0.3 is 0 Å². The summed E-state index contributed by atoms with van der Waals surface area (Å²) in [6, 6.07) is 10.6. The fourth-order valence-corrected chi connectivity index (χ4v) is 2.70. The number of hydrogen-bond donors (Lipinski definition) is 2. The first-order valence-electron chi connectivity index (χ1n) is 6.12. The smallest absolute Gasteiger partial charge is 0.269 e. The molecular weight excluding hydrogens is 390 g/mol. The van der Waals surface area contributed by atoms with Crippen molar-refractivity contribution in [2.24, 2.45) is 0 Å². The van der Waals surface area contributed by atoms with Crippen LogP contribution in [0.5, 0.6) is 0 Å². The van der Waals surface area contributed by atoms with Crippen molar-refractivity contribution in [1.82, 2.24) is 10.3 Å². The molecule has 0 aliphatic rings. The average Bonchev–Trinajstić information content (AvgIpc) is 2.53. The van der Waals surface area contributed by atoms with Crippen LogP contribution in [0.4, 0.5) is 5.69 Å². The first-order valence-corrected chi connectivity index (χ1v) is 8.39. The number of carbonyl (C=O) groups excluding carboxylic acids is 1. The number of hydrogen-bond acceptors (Lipinski definition) is 5. The van der Waals surface area contributed by atoms with Gasteiger partial charge in [0.1, 0.15) is 0 Å². The van der Waals surface area contributed by atoms with Crippen LogP contribution in [0.15, 0.2) is 57.9 Å². The normalized spacial score (nSPS) is 11.0. The van der Waals surface area contributed by atoms with Crippen LogP contribution >= 0.6 is 15.9 Å². The molecule has 0 aliphatic heterocycles. The Hall–Kier alpha value is -2.30. The summed E-state index contributed by atoms with van der Waals surface area (Å²) in [6.45, 7) is 0. The Morgan fingerprint density at radius 2 is 1.61 bits per heavy atom. The van der Waals surface area contributed by atoms with Crippen molar-refractivity contribution in [1.29, 1.82) is 0 Å². The van der Waals surface area contributed by atoms with E-state index in [0.29, 0.717) is 4.47 Å². The van der Waals surface area contributed by atoms with Crippen LogP contribution in [-0.2, 0) is 10.0 Å². The third-order valence-corrected chi connectivity index (χ3v) is 4.56. The van der Waals surface area contributed by atoms with Gasteiger partial charge in [-0.1, -0.05) is 15.9 Å². The molecule has 2 rings (SSSR count). The van der Waals surface area contributed by atoms with E-state index in [-0.39, 0.29) is 16.1 Å². The maximum atomic E-state index is 12.0. The summed E-state index contributed by atoms with van der Waals surface area (Å²) < 4.78 is 24.7. The second kappa shape index (κ2) is 6.86. The molecule has 0 heterocycles. The van der Waals surface area contributed by atoms with Crippen molar-refractivity contribution in [3.63, 3.8) is 0 Å². The summed E-state index contributed by atoms with van der Waals surface area (Å²) in [5.41, 5.74) is 1.95. The van der Waals surface area contributed by atoms with E-state index < -0.39 is 20.9 Å². The Balaban J connectivity index is 2.06. The molecule has 0 aliphatic carbocycles. The van der Waals surface area contributed by atoms with E-state index in [9.17, 15) is 23.3 Å². The maximum Gasteiger partial charge on any atom is 0.269 e. The van der Waals surface area contributed by atoms with Gasteiger partial charge in [0.15, 0.2) is 0 Å². The van der Waals surface area contributed by atoms with Crippen LogP contribution in [-0.4, -0.2) is 19.2 Å². The van der Waals surface area contributed by atoms with Crippen LogP contribution < -0.4 is 10.3 Å². The number of nitro groups is 1. The van der Waals surface area contributed by atoms with Gasteiger partial charge in [-0.3, -0.25) is 20.3 Å². The van der Waals surface area contributed by atoms with Crippen molar-refractivity contribution >= 4 is 37.5 Å². The van der Waals surface area contributed by atoms with Crippen molar-refractivity contribution < 1.29 is 18.1 Å². The average molecular weight is 400 g/mol. The molecule has 2 aromatic carbocycles. The van der Waals surface area contributed by atoms with Crippen LogP contribution in [0.2, 0.25) is 0 Å². The van der Waals surface area contributed by atoms with Crippen molar-refractivity contribution in [2.75, 3.05) is 0 Å². The maximum absolute atomic E-state index is 12.0. The quantitative estimate of drug-likeness (QED) is 0.588. The van der Waals surface area contributed by atoms with Crippen molar-refractivity contribution in [3.8, 4) is 0 Å². The molecular formula is C13H10BrN3O5S. The summed E-state index contributed by atoms with van der Waals surface area (Å²) >= 11 is 3.19. The van der Waals surface area contributed by atoms with Crippen LogP contribution in [0, 0.1) is 10.1 Å². The molecule has 0 aromatic heterocycles. The molecule has 8 nitrogen and oxygen atoms in total. The van der Waals surface area contributed by atoms with Crippen molar-refractivity contribution in [2.45, 2.75) is 4.90 Å². The first-order chi connectivity index (χ1) is 10.8. The summed E-state index contributed by atoms with van der Waals surface area (Å²) in [6.07, 6.45) is 0. The Morgan fingerprint density at radius 3 is 2.13 bits per heavy atom. The van der Waals surface area contributed by atoms with E-state index in [0.717, 1.165) is 12.1 Å². The monoisotopic (exact) mass is 399 g/mol.